The van der Waals surface area contributed by atoms with E-state index in [0.29, 0.717) is 11.4 Å². The van der Waals surface area contributed by atoms with Crippen LogP contribution in [0.25, 0.3) is 10.9 Å². The van der Waals surface area contributed by atoms with Crippen LogP contribution in [0.15, 0.2) is 17.1 Å². The number of halogens is 1. The average Bonchev–Trinajstić information content (AvgIpc) is 3.30. The summed E-state index contributed by atoms with van der Waals surface area (Å²) in [6, 6.07) is 2.03. The van der Waals surface area contributed by atoms with Gasteiger partial charge in [-0.05, 0) is 56.3 Å². The Kier molecular flexibility index (Phi) is 3.74. The minimum atomic E-state index is -0.200. The molecular formula is C16H20FN3OS. The van der Waals surface area contributed by atoms with Gasteiger partial charge in [-0.25, -0.2) is 0 Å². The molecule has 118 valence electrons. The van der Waals surface area contributed by atoms with Gasteiger partial charge in [0, 0.05) is 23.8 Å². The predicted octanol–water partition coefficient (Wildman–Crippen LogP) is 3.57. The Bertz CT molecular complexity index is 744. The van der Waals surface area contributed by atoms with Crippen LogP contribution in [0.4, 0.5) is 3.89 Å². The summed E-state index contributed by atoms with van der Waals surface area (Å²) in [5, 5.41) is 0.934. The highest BCUT2D eigenvalue weighted by atomic mass is 32.2. The van der Waals surface area contributed by atoms with Gasteiger partial charge in [0.15, 0.2) is 12.3 Å². The van der Waals surface area contributed by atoms with Gasteiger partial charge in [0.1, 0.15) is 5.52 Å². The first-order valence-electron chi connectivity index (χ1n) is 8.05. The monoisotopic (exact) mass is 321 g/mol. The molecule has 0 radical (unpaired) electrons. The van der Waals surface area contributed by atoms with E-state index in [9.17, 15) is 8.68 Å². The van der Waals surface area contributed by atoms with Crippen molar-refractivity contribution in [3.05, 3.63) is 33.9 Å². The predicted molar refractivity (Wildman–Crippen MR) is 87.8 cm³/mol. The second-order valence-electron chi connectivity index (χ2n) is 6.45. The van der Waals surface area contributed by atoms with E-state index in [1.54, 1.807) is 0 Å². The molecule has 0 amide bonds. The number of rotatable bonds is 4. The van der Waals surface area contributed by atoms with Crippen LogP contribution in [0.3, 0.4) is 0 Å². The Morgan fingerprint density at radius 2 is 2.05 bits per heavy atom. The third-order valence-electron chi connectivity index (χ3n) is 4.84. The number of aromatic amines is 1. The van der Waals surface area contributed by atoms with E-state index in [1.807, 2.05) is 12.3 Å². The molecule has 2 fully saturated rings. The van der Waals surface area contributed by atoms with Gasteiger partial charge >= 0.3 is 0 Å². The number of hydrogen-bond acceptors (Lipinski definition) is 3. The van der Waals surface area contributed by atoms with E-state index in [1.165, 1.54) is 28.8 Å². The van der Waals surface area contributed by atoms with Crippen LogP contribution < -0.4 is 5.56 Å². The molecule has 0 bridgehead atoms. The number of H-pyrrole nitrogens is 1. The first kappa shape index (κ1) is 14.3. The smallest absolute Gasteiger partial charge is 0.273 e. The summed E-state index contributed by atoms with van der Waals surface area (Å²) in [4.78, 5) is 17.3. The topological polar surface area (TPSA) is 41.0 Å². The maximum absolute atomic E-state index is 13.5. The SMILES string of the molecule is O=c1[nH]cc(C2CC2)c2cc(CN3CCCCC3)n(SF)c12. The van der Waals surface area contributed by atoms with E-state index in [2.05, 4.69) is 9.88 Å². The fourth-order valence-electron chi connectivity index (χ4n) is 3.54. The Morgan fingerprint density at radius 3 is 2.73 bits per heavy atom. The molecule has 0 unspecified atom stereocenters. The highest BCUT2D eigenvalue weighted by molar-refractivity contribution is 7.93. The van der Waals surface area contributed by atoms with E-state index in [0.717, 1.165) is 43.6 Å². The van der Waals surface area contributed by atoms with Crippen molar-refractivity contribution in [2.24, 2.45) is 0 Å². The Hall–Kier alpha value is -1.27. The number of piperidine rings is 1. The second kappa shape index (κ2) is 5.74. The normalized spacial score (nSPS) is 19.9. The fourth-order valence-corrected chi connectivity index (χ4v) is 3.99. The fraction of sp³-hybridized carbons (Fsp3) is 0.562. The molecule has 0 aromatic carbocycles. The van der Waals surface area contributed by atoms with Gasteiger partial charge in [-0.15, -0.1) is 3.89 Å². The number of nitrogens with one attached hydrogen (secondary N) is 1. The van der Waals surface area contributed by atoms with Crippen LogP contribution in [0.1, 0.15) is 49.3 Å². The van der Waals surface area contributed by atoms with Gasteiger partial charge < -0.3 is 4.98 Å². The lowest BCUT2D eigenvalue weighted by Crippen LogP contribution is -2.29. The van der Waals surface area contributed by atoms with Crippen LogP contribution in [0.5, 0.6) is 0 Å². The number of likely N-dealkylation sites (tertiary alicyclic amines) is 1. The summed E-state index contributed by atoms with van der Waals surface area (Å²) >= 11 is 0.145. The van der Waals surface area contributed by atoms with E-state index < -0.39 is 0 Å². The standard InChI is InChI=1S/C16H20FN3OS/c17-22-20-12(10-19-6-2-1-3-7-19)8-13-14(11-4-5-11)9-18-16(21)15(13)20/h8-9,11H,1-7,10H2,(H,18,21). The molecule has 1 saturated carbocycles. The zero-order chi connectivity index (χ0) is 15.1. The van der Waals surface area contributed by atoms with Crippen molar-refractivity contribution < 1.29 is 3.89 Å². The molecule has 2 aliphatic rings. The van der Waals surface area contributed by atoms with Crippen LogP contribution >= 0.6 is 12.3 Å². The van der Waals surface area contributed by atoms with Crippen LogP contribution in [0, 0.1) is 0 Å². The summed E-state index contributed by atoms with van der Waals surface area (Å²) in [6.45, 7) is 2.84. The minimum absolute atomic E-state index is 0.145. The molecule has 2 aromatic rings. The van der Waals surface area contributed by atoms with E-state index in [4.69, 9.17) is 0 Å². The van der Waals surface area contributed by atoms with Gasteiger partial charge in [-0.2, -0.15) is 0 Å². The molecular weight excluding hydrogens is 301 g/mol. The highest BCUT2D eigenvalue weighted by Crippen LogP contribution is 2.43. The molecule has 1 aliphatic heterocycles. The summed E-state index contributed by atoms with van der Waals surface area (Å²) < 4.78 is 15.0. The number of pyridine rings is 1. The minimum Gasteiger partial charge on any atom is -0.327 e. The summed E-state index contributed by atoms with van der Waals surface area (Å²) in [6.07, 6.45) is 7.84. The maximum atomic E-state index is 13.5. The van der Waals surface area contributed by atoms with Gasteiger partial charge in [-0.3, -0.25) is 13.7 Å². The third kappa shape index (κ3) is 2.48. The molecule has 4 rings (SSSR count). The molecule has 4 nitrogen and oxygen atoms in total. The summed E-state index contributed by atoms with van der Waals surface area (Å²) in [5.41, 5.74) is 2.34. The van der Waals surface area contributed by atoms with Crippen molar-refractivity contribution in [1.29, 1.82) is 0 Å². The molecule has 0 spiro atoms. The van der Waals surface area contributed by atoms with Crippen LogP contribution in [-0.4, -0.2) is 26.9 Å². The van der Waals surface area contributed by atoms with Crippen molar-refractivity contribution >= 4 is 23.2 Å². The van der Waals surface area contributed by atoms with Crippen molar-refractivity contribution in [3.8, 4) is 0 Å². The third-order valence-corrected chi connectivity index (χ3v) is 5.39. The zero-order valence-corrected chi connectivity index (χ0v) is 13.3. The Labute approximate surface area is 133 Å². The van der Waals surface area contributed by atoms with Crippen molar-refractivity contribution in [3.63, 3.8) is 0 Å². The van der Waals surface area contributed by atoms with E-state index >= 15 is 0 Å². The van der Waals surface area contributed by atoms with Crippen LogP contribution in [-0.2, 0) is 6.54 Å². The molecule has 3 heterocycles. The first-order chi connectivity index (χ1) is 10.8. The molecule has 22 heavy (non-hydrogen) atoms. The molecule has 6 heteroatoms. The molecule has 2 aromatic heterocycles. The Balaban J connectivity index is 1.78. The van der Waals surface area contributed by atoms with Crippen molar-refractivity contribution in [2.75, 3.05) is 13.1 Å². The molecule has 1 saturated heterocycles. The van der Waals surface area contributed by atoms with Gasteiger partial charge in [-0.1, -0.05) is 6.42 Å². The lowest BCUT2D eigenvalue weighted by Gasteiger charge is -2.26. The zero-order valence-electron chi connectivity index (χ0n) is 12.5. The van der Waals surface area contributed by atoms with E-state index in [-0.39, 0.29) is 17.9 Å². The summed E-state index contributed by atoms with van der Waals surface area (Å²) in [7, 11) is 0. The average molecular weight is 321 g/mol. The van der Waals surface area contributed by atoms with Crippen LogP contribution in [0.2, 0.25) is 0 Å². The number of nitrogens with zero attached hydrogens (tertiary/aromatic N) is 2. The van der Waals surface area contributed by atoms with Gasteiger partial charge in [0.25, 0.3) is 5.56 Å². The Morgan fingerprint density at radius 1 is 1.27 bits per heavy atom. The number of aromatic nitrogens is 2. The maximum Gasteiger partial charge on any atom is 0.273 e. The highest BCUT2D eigenvalue weighted by Gasteiger charge is 2.28. The lowest BCUT2D eigenvalue weighted by atomic mass is 10.1. The van der Waals surface area contributed by atoms with Gasteiger partial charge in [0.05, 0.1) is 0 Å². The van der Waals surface area contributed by atoms with Crippen molar-refractivity contribution in [2.45, 2.75) is 44.6 Å². The quantitative estimate of drug-likeness (QED) is 0.936. The molecule has 1 N–H and O–H groups in total. The molecule has 0 atom stereocenters. The second-order valence-corrected chi connectivity index (χ2v) is 6.95. The summed E-state index contributed by atoms with van der Waals surface area (Å²) in [5.74, 6) is 0.530. The number of hydrogen-bond donors (Lipinski definition) is 1. The van der Waals surface area contributed by atoms with Crippen molar-refractivity contribution in [1.82, 2.24) is 13.9 Å². The number of fused-ring (bicyclic) bond motifs is 1. The molecule has 1 aliphatic carbocycles. The first-order valence-corrected chi connectivity index (χ1v) is 8.72. The lowest BCUT2D eigenvalue weighted by molar-refractivity contribution is 0.218. The van der Waals surface area contributed by atoms with Gasteiger partial charge in [0.2, 0.25) is 0 Å². The largest absolute Gasteiger partial charge is 0.327 e.